The molecule has 166 valence electrons. The van der Waals surface area contributed by atoms with Crippen LogP contribution in [0.5, 0.6) is 0 Å². The Morgan fingerprint density at radius 1 is 1.13 bits per heavy atom. The van der Waals surface area contributed by atoms with E-state index in [9.17, 15) is 4.79 Å². The van der Waals surface area contributed by atoms with Crippen molar-refractivity contribution in [2.24, 2.45) is 4.99 Å². The van der Waals surface area contributed by atoms with Gasteiger partial charge in [-0.2, -0.15) is 0 Å². The number of rotatable bonds is 7. The number of halogens is 1. The average Bonchev–Trinajstić information content (AvgIpc) is 3.09. The Morgan fingerprint density at radius 2 is 1.87 bits per heavy atom. The molecule has 0 fully saturated rings. The van der Waals surface area contributed by atoms with E-state index >= 15 is 0 Å². The van der Waals surface area contributed by atoms with Gasteiger partial charge in [-0.15, -0.1) is 24.0 Å². The minimum absolute atomic E-state index is 0. The van der Waals surface area contributed by atoms with Crippen LogP contribution in [-0.2, 0) is 17.8 Å². The van der Waals surface area contributed by atoms with Crippen molar-refractivity contribution < 1.29 is 9.53 Å². The number of carbonyl (C=O) groups is 1. The lowest BCUT2D eigenvalue weighted by molar-refractivity contribution is 0.187. The summed E-state index contributed by atoms with van der Waals surface area (Å²) in [5, 5.41) is 9.28. The summed E-state index contributed by atoms with van der Waals surface area (Å²) in [6.45, 7) is 4.36. The molecule has 0 aliphatic heterocycles. The van der Waals surface area contributed by atoms with E-state index in [0.29, 0.717) is 12.2 Å². The van der Waals surface area contributed by atoms with Gasteiger partial charge in [-0.05, 0) is 43.2 Å². The first kappa shape index (κ1) is 24.4. The van der Waals surface area contributed by atoms with Gasteiger partial charge in [0.15, 0.2) is 5.96 Å². The fourth-order valence-corrected chi connectivity index (χ4v) is 3.20. The molecule has 9 heteroatoms. The maximum atomic E-state index is 11.2. The quantitative estimate of drug-likeness (QED) is 0.185. The smallest absolute Gasteiger partial charge is 0.411 e. The monoisotopic (exact) mass is 536 g/mol. The summed E-state index contributed by atoms with van der Waals surface area (Å²) in [6.07, 6.45) is 0.472. The fraction of sp³-hybridized carbons (Fsp3) is 0.318. The number of aromatic nitrogens is 2. The number of guanidine groups is 1. The molecule has 0 radical (unpaired) electrons. The van der Waals surface area contributed by atoms with Crippen LogP contribution in [0.3, 0.4) is 0 Å². The molecule has 0 bridgehead atoms. The van der Waals surface area contributed by atoms with Gasteiger partial charge in [-0.1, -0.05) is 24.3 Å². The number of hydrogen-bond donors (Lipinski definition) is 3. The minimum atomic E-state index is -0.482. The molecule has 31 heavy (non-hydrogen) atoms. The molecule has 3 N–H and O–H groups in total. The third kappa shape index (κ3) is 6.84. The lowest BCUT2D eigenvalue weighted by Crippen LogP contribution is -2.37. The topological polar surface area (TPSA) is 92.6 Å². The zero-order valence-corrected chi connectivity index (χ0v) is 20.3. The maximum absolute atomic E-state index is 11.2. The van der Waals surface area contributed by atoms with Gasteiger partial charge in [0.25, 0.3) is 0 Å². The van der Waals surface area contributed by atoms with Gasteiger partial charge in [0, 0.05) is 32.4 Å². The average molecular weight is 536 g/mol. The first-order valence-electron chi connectivity index (χ1n) is 9.91. The van der Waals surface area contributed by atoms with Crippen LogP contribution in [0.15, 0.2) is 53.5 Å². The number of aliphatic imine (C=N–C) groups is 1. The molecule has 0 atom stereocenters. The highest BCUT2D eigenvalue weighted by molar-refractivity contribution is 14.0. The number of aryl methyl sites for hydroxylation is 2. The van der Waals surface area contributed by atoms with Crippen molar-refractivity contribution in [3.05, 3.63) is 59.9 Å². The van der Waals surface area contributed by atoms with Crippen LogP contribution in [0.2, 0.25) is 0 Å². The molecular formula is C22H29IN6O2. The van der Waals surface area contributed by atoms with Gasteiger partial charge in [0.1, 0.15) is 5.82 Å². The van der Waals surface area contributed by atoms with Crippen molar-refractivity contribution in [1.82, 2.24) is 20.2 Å². The summed E-state index contributed by atoms with van der Waals surface area (Å²) in [5.41, 5.74) is 3.97. The van der Waals surface area contributed by atoms with E-state index in [1.165, 1.54) is 12.6 Å². The number of methoxy groups -OCH3 is 1. The van der Waals surface area contributed by atoms with E-state index in [1.807, 2.05) is 49.4 Å². The molecule has 3 rings (SSSR count). The van der Waals surface area contributed by atoms with Gasteiger partial charge in [-0.25, -0.2) is 9.78 Å². The van der Waals surface area contributed by atoms with E-state index in [0.717, 1.165) is 42.4 Å². The van der Waals surface area contributed by atoms with Crippen LogP contribution >= 0.6 is 24.0 Å². The Labute approximate surface area is 199 Å². The highest BCUT2D eigenvalue weighted by atomic mass is 127. The molecule has 1 aromatic heterocycles. The van der Waals surface area contributed by atoms with Gasteiger partial charge in [-0.3, -0.25) is 10.3 Å². The Bertz CT molecular complexity index is 1020. The molecule has 0 saturated heterocycles. The van der Waals surface area contributed by atoms with Gasteiger partial charge >= 0.3 is 6.09 Å². The number of amides is 1. The number of nitrogens with one attached hydrogen (secondary N) is 3. The van der Waals surface area contributed by atoms with Crippen molar-refractivity contribution in [2.75, 3.05) is 26.0 Å². The van der Waals surface area contributed by atoms with Crippen LogP contribution in [0, 0.1) is 6.92 Å². The van der Waals surface area contributed by atoms with Gasteiger partial charge in [0.2, 0.25) is 0 Å². The number of fused-ring (bicyclic) bond motifs is 1. The number of imidazole rings is 1. The second-order valence-corrected chi connectivity index (χ2v) is 6.82. The summed E-state index contributed by atoms with van der Waals surface area (Å²) in [4.78, 5) is 20.1. The fourth-order valence-electron chi connectivity index (χ4n) is 3.20. The SMILES string of the molecule is CN=C(NCCCn1c(C)nc2ccccc21)NCc1ccc(NC(=O)OC)cc1.I. The molecule has 0 spiro atoms. The third-order valence-electron chi connectivity index (χ3n) is 4.77. The number of carbonyl (C=O) groups excluding carboxylic acids is 1. The maximum Gasteiger partial charge on any atom is 0.411 e. The summed E-state index contributed by atoms with van der Waals surface area (Å²) < 4.78 is 6.83. The Morgan fingerprint density at radius 3 is 2.58 bits per heavy atom. The first-order chi connectivity index (χ1) is 14.6. The highest BCUT2D eigenvalue weighted by Gasteiger charge is 2.06. The number of para-hydroxylation sites is 2. The number of hydrogen-bond acceptors (Lipinski definition) is 4. The molecular weight excluding hydrogens is 507 g/mol. The zero-order valence-electron chi connectivity index (χ0n) is 18.0. The summed E-state index contributed by atoms with van der Waals surface area (Å²) >= 11 is 0. The van der Waals surface area contributed by atoms with Gasteiger partial charge < -0.3 is 19.9 Å². The molecule has 1 amide bonds. The first-order valence-corrected chi connectivity index (χ1v) is 9.91. The van der Waals surface area contributed by atoms with Crippen molar-refractivity contribution in [2.45, 2.75) is 26.4 Å². The van der Waals surface area contributed by atoms with Crippen LogP contribution in [0.25, 0.3) is 11.0 Å². The number of benzene rings is 2. The Kier molecular flexibility index (Phi) is 9.57. The zero-order chi connectivity index (χ0) is 21.3. The summed E-state index contributed by atoms with van der Waals surface area (Å²) in [5.74, 6) is 1.78. The largest absolute Gasteiger partial charge is 0.453 e. The molecule has 3 aromatic rings. The van der Waals surface area contributed by atoms with Crippen LogP contribution in [0.4, 0.5) is 10.5 Å². The van der Waals surface area contributed by atoms with Gasteiger partial charge in [0.05, 0.1) is 18.1 Å². The predicted molar refractivity (Wildman–Crippen MR) is 135 cm³/mol. The normalized spacial score (nSPS) is 11.0. The molecule has 2 aromatic carbocycles. The minimum Gasteiger partial charge on any atom is -0.453 e. The number of nitrogens with zero attached hydrogens (tertiary/aromatic N) is 3. The molecule has 0 saturated carbocycles. The van der Waals surface area contributed by atoms with Crippen LogP contribution in [-0.4, -0.2) is 42.3 Å². The predicted octanol–water partition coefficient (Wildman–Crippen LogP) is 3.90. The highest BCUT2D eigenvalue weighted by Crippen LogP contribution is 2.15. The van der Waals surface area contributed by atoms with E-state index in [4.69, 9.17) is 0 Å². The lowest BCUT2D eigenvalue weighted by atomic mass is 10.2. The van der Waals surface area contributed by atoms with E-state index < -0.39 is 6.09 Å². The van der Waals surface area contributed by atoms with Crippen LogP contribution in [0.1, 0.15) is 17.8 Å². The Hall–Kier alpha value is -2.82. The summed E-state index contributed by atoms with van der Waals surface area (Å²) in [7, 11) is 3.09. The Balaban J connectivity index is 0.00000341. The summed E-state index contributed by atoms with van der Waals surface area (Å²) in [6, 6.07) is 15.8. The van der Waals surface area contributed by atoms with E-state index in [-0.39, 0.29) is 24.0 Å². The molecule has 0 aliphatic rings. The van der Waals surface area contributed by atoms with E-state index in [2.05, 4.69) is 41.3 Å². The molecule has 1 heterocycles. The molecule has 0 aliphatic carbocycles. The van der Waals surface area contributed by atoms with Crippen molar-refractivity contribution >= 4 is 52.8 Å². The van der Waals surface area contributed by atoms with Crippen molar-refractivity contribution in [1.29, 1.82) is 0 Å². The molecule has 8 nitrogen and oxygen atoms in total. The number of ether oxygens (including phenoxy) is 1. The number of anilines is 1. The third-order valence-corrected chi connectivity index (χ3v) is 4.77. The standard InChI is InChI=1S/C22H28N6O2.HI/c1-16-26-19-7-4-5-8-20(19)28(16)14-6-13-24-21(23-2)25-15-17-9-11-18(12-10-17)27-22(29)30-3;/h4-5,7-12H,6,13-15H2,1-3H3,(H,27,29)(H2,23,24,25);1H. The second-order valence-electron chi connectivity index (χ2n) is 6.82. The van der Waals surface area contributed by atoms with Crippen LogP contribution < -0.4 is 16.0 Å². The molecule has 0 unspecified atom stereocenters. The van der Waals surface area contributed by atoms with Crippen molar-refractivity contribution in [3.8, 4) is 0 Å². The lowest BCUT2D eigenvalue weighted by Gasteiger charge is -2.13. The van der Waals surface area contributed by atoms with E-state index in [1.54, 1.807) is 7.05 Å². The second kappa shape index (κ2) is 12.1. The van der Waals surface area contributed by atoms with Crippen molar-refractivity contribution in [3.63, 3.8) is 0 Å².